The van der Waals surface area contributed by atoms with Gasteiger partial charge in [-0.05, 0) is 0 Å². The van der Waals surface area contributed by atoms with E-state index in [9.17, 15) is 4.79 Å². The molecule has 1 saturated heterocycles. The lowest BCUT2D eigenvalue weighted by Gasteiger charge is -2.20. The van der Waals surface area contributed by atoms with Crippen molar-refractivity contribution in [2.24, 2.45) is 0 Å². The van der Waals surface area contributed by atoms with Crippen LogP contribution in [0.2, 0.25) is 0 Å². The number of aromatic nitrogens is 1. The first-order valence-electron chi connectivity index (χ1n) is 4.66. The molecule has 0 aromatic carbocycles. The Labute approximate surface area is 96.4 Å². The summed E-state index contributed by atoms with van der Waals surface area (Å²) in [5, 5.41) is 3.76. The molecule has 2 heterocycles. The molecule has 15 heavy (non-hydrogen) atoms. The highest BCUT2D eigenvalue weighted by molar-refractivity contribution is 7.99. The Balaban J connectivity index is 2.05. The summed E-state index contributed by atoms with van der Waals surface area (Å²) in [7, 11) is 1.56. The maximum Gasteiger partial charge on any atom is 0.273 e. The van der Waals surface area contributed by atoms with E-state index in [0.29, 0.717) is 10.1 Å². The number of ether oxygens (including phenoxy) is 1. The van der Waals surface area contributed by atoms with Gasteiger partial charge in [0.1, 0.15) is 0 Å². The summed E-state index contributed by atoms with van der Waals surface area (Å²) >= 11 is 3.11. The standard InChI is InChI=1S/C9H12N2O2S2/c1-13-9-11-4-7(15-9)8(12)6-5-14-3-2-10-6/h4,6,10H,2-3,5H2,1H3. The summed E-state index contributed by atoms with van der Waals surface area (Å²) < 4.78 is 4.96. The fraction of sp³-hybridized carbons (Fsp3) is 0.556. The van der Waals surface area contributed by atoms with Gasteiger partial charge in [0.25, 0.3) is 5.19 Å². The van der Waals surface area contributed by atoms with E-state index < -0.39 is 0 Å². The SMILES string of the molecule is COc1ncc(C(=O)C2CSCCN2)s1. The van der Waals surface area contributed by atoms with E-state index in [1.54, 1.807) is 13.3 Å². The molecule has 1 aromatic heterocycles. The van der Waals surface area contributed by atoms with Crippen LogP contribution in [-0.2, 0) is 0 Å². The molecule has 4 nitrogen and oxygen atoms in total. The smallest absolute Gasteiger partial charge is 0.273 e. The fourth-order valence-corrected chi connectivity index (χ4v) is 3.03. The molecular weight excluding hydrogens is 232 g/mol. The number of hydrogen-bond acceptors (Lipinski definition) is 6. The Morgan fingerprint density at radius 1 is 1.73 bits per heavy atom. The first kappa shape index (κ1) is 10.9. The summed E-state index contributed by atoms with van der Waals surface area (Å²) in [6.07, 6.45) is 1.59. The van der Waals surface area contributed by atoms with Crippen molar-refractivity contribution >= 4 is 28.9 Å². The quantitative estimate of drug-likeness (QED) is 0.805. The largest absolute Gasteiger partial charge is 0.473 e. The number of carbonyl (C=O) groups is 1. The van der Waals surface area contributed by atoms with Gasteiger partial charge in [0.05, 0.1) is 24.2 Å². The predicted octanol–water partition coefficient (Wildman–Crippen LogP) is 1.04. The first-order valence-corrected chi connectivity index (χ1v) is 6.63. The van der Waals surface area contributed by atoms with Crippen molar-refractivity contribution in [1.29, 1.82) is 0 Å². The monoisotopic (exact) mass is 244 g/mol. The molecule has 0 bridgehead atoms. The number of thioether (sulfide) groups is 1. The van der Waals surface area contributed by atoms with Crippen LogP contribution in [0.15, 0.2) is 6.20 Å². The van der Waals surface area contributed by atoms with Gasteiger partial charge in [-0.3, -0.25) is 4.79 Å². The highest BCUT2D eigenvalue weighted by Crippen LogP contribution is 2.22. The number of hydrogen-bond donors (Lipinski definition) is 1. The van der Waals surface area contributed by atoms with Crippen molar-refractivity contribution < 1.29 is 9.53 Å². The molecule has 0 saturated carbocycles. The van der Waals surface area contributed by atoms with Crippen molar-refractivity contribution in [3.05, 3.63) is 11.1 Å². The lowest BCUT2D eigenvalue weighted by molar-refractivity contribution is 0.0957. The summed E-state index contributed by atoms with van der Waals surface area (Å²) in [6.45, 7) is 0.900. The molecule has 1 aliphatic rings. The summed E-state index contributed by atoms with van der Waals surface area (Å²) in [5.41, 5.74) is 0. The van der Waals surface area contributed by atoms with Gasteiger partial charge >= 0.3 is 0 Å². The third-order valence-electron chi connectivity index (χ3n) is 2.14. The van der Waals surface area contributed by atoms with Crippen LogP contribution in [0.5, 0.6) is 5.19 Å². The molecule has 1 fully saturated rings. The number of Topliss-reactive ketones (excluding diaryl/α,β-unsaturated/α-hetero) is 1. The highest BCUT2D eigenvalue weighted by atomic mass is 32.2. The Bertz CT molecular complexity index is 348. The molecule has 1 aliphatic heterocycles. The Kier molecular flexibility index (Phi) is 3.61. The summed E-state index contributed by atoms with van der Waals surface area (Å²) in [4.78, 5) is 16.6. The third-order valence-corrected chi connectivity index (χ3v) is 4.18. The van der Waals surface area contributed by atoms with Gasteiger partial charge in [-0.2, -0.15) is 11.8 Å². The molecular formula is C9H12N2O2S2. The Morgan fingerprint density at radius 3 is 3.20 bits per heavy atom. The molecule has 6 heteroatoms. The lowest BCUT2D eigenvalue weighted by atomic mass is 10.2. The van der Waals surface area contributed by atoms with Crippen molar-refractivity contribution in [3.8, 4) is 5.19 Å². The van der Waals surface area contributed by atoms with Crippen LogP contribution in [-0.4, -0.2) is 42.0 Å². The normalized spacial score (nSPS) is 21.3. The van der Waals surface area contributed by atoms with Crippen LogP contribution in [0.4, 0.5) is 0 Å². The van der Waals surface area contributed by atoms with E-state index in [4.69, 9.17) is 4.74 Å². The van der Waals surface area contributed by atoms with Crippen molar-refractivity contribution in [2.45, 2.75) is 6.04 Å². The molecule has 1 aromatic rings. The topological polar surface area (TPSA) is 51.2 Å². The van der Waals surface area contributed by atoms with Crippen LogP contribution >= 0.6 is 23.1 Å². The number of nitrogens with one attached hydrogen (secondary N) is 1. The molecule has 0 spiro atoms. The maximum absolute atomic E-state index is 12.0. The van der Waals surface area contributed by atoms with E-state index in [2.05, 4.69) is 10.3 Å². The zero-order chi connectivity index (χ0) is 10.7. The second kappa shape index (κ2) is 4.96. The molecule has 2 rings (SSSR count). The molecule has 82 valence electrons. The van der Waals surface area contributed by atoms with Crippen molar-refractivity contribution in [3.63, 3.8) is 0 Å². The van der Waals surface area contributed by atoms with Crippen molar-refractivity contribution in [1.82, 2.24) is 10.3 Å². The highest BCUT2D eigenvalue weighted by Gasteiger charge is 2.24. The summed E-state index contributed by atoms with van der Waals surface area (Å²) in [5.74, 6) is 2.05. The number of thiazole rings is 1. The van der Waals surface area contributed by atoms with Gasteiger partial charge in [-0.1, -0.05) is 11.3 Å². The minimum atomic E-state index is -0.0612. The fourth-order valence-electron chi connectivity index (χ4n) is 1.37. The Hall–Kier alpha value is -0.590. The first-order chi connectivity index (χ1) is 7.31. The minimum Gasteiger partial charge on any atom is -0.473 e. The van der Waals surface area contributed by atoms with E-state index in [0.717, 1.165) is 18.1 Å². The second-order valence-corrected chi connectivity index (χ2v) is 5.28. The molecule has 1 unspecified atom stereocenters. The predicted molar refractivity (Wildman–Crippen MR) is 62.1 cm³/mol. The molecule has 0 aliphatic carbocycles. The third kappa shape index (κ3) is 2.50. The second-order valence-electron chi connectivity index (χ2n) is 3.14. The minimum absolute atomic E-state index is 0.0612. The van der Waals surface area contributed by atoms with E-state index in [-0.39, 0.29) is 11.8 Å². The zero-order valence-electron chi connectivity index (χ0n) is 8.36. The molecule has 1 N–H and O–H groups in total. The average molecular weight is 244 g/mol. The number of rotatable bonds is 3. The van der Waals surface area contributed by atoms with Gasteiger partial charge in [0.15, 0.2) is 5.78 Å². The number of methoxy groups -OCH3 is 1. The lowest BCUT2D eigenvalue weighted by Crippen LogP contribution is -2.43. The maximum atomic E-state index is 12.0. The number of nitrogens with zero attached hydrogens (tertiary/aromatic N) is 1. The number of ketones is 1. The van der Waals surface area contributed by atoms with Crippen LogP contribution in [0, 0.1) is 0 Å². The van der Waals surface area contributed by atoms with E-state index in [1.165, 1.54) is 11.3 Å². The van der Waals surface area contributed by atoms with Gasteiger partial charge in [0, 0.05) is 18.1 Å². The van der Waals surface area contributed by atoms with Crippen LogP contribution in [0.1, 0.15) is 9.67 Å². The van der Waals surface area contributed by atoms with E-state index >= 15 is 0 Å². The van der Waals surface area contributed by atoms with Gasteiger partial charge in [0.2, 0.25) is 0 Å². The number of carbonyl (C=O) groups excluding carboxylic acids is 1. The van der Waals surface area contributed by atoms with Crippen LogP contribution in [0.3, 0.4) is 0 Å². The zero-order valence-corrected chi connectivity index (χ0v) is 9.99. The van der Waals surface area contributed by atoms with Crippen LogP contribution in [0.25, 0.3) is 0 Å². The van der Waals surface area contributed by atoms with Crippen LogP contribution < -0.4 is 10.1 Å². The van der Waals surface area contributed by atoms with Gasteiger partial charge < -0.3 is 10.1 Å². The molecule has 0 radical (unpaired) electrons. The Morgan fingerprint density at radius 2 is 2.60 bits per heavy atom. The summed E-state index contributed by atoms with van der Waals surface area (Å²) in [6, 6.07) is -0.0612. The van der Waals surface area contributed by atoms with Gasteiger partial charge in [-0.25, -0.2) is 4.98 Å². The average Bonchev–Trinajstić information content (AvgIpc) is 2.78. The van der Waals surface area contributed by atoms with E-state index in [1.807, 2.05) is 11.8 Å². The van der Waals surface area contributed by atoms with Gasteiger partial charge in [-0.15, -0.1) is 0 Å². The van der Waals surface area contributed by atoms with Crippen molar-refractivity contribution in [2.75, 3.05) is 25.2 Å². The molecule has 0 amide bonds. The molecule has 1 atom stereocenters.